The van der Waals surface area contributed by atoms with Crippen LogP contribution in [-0.2, 0) is 0 Å². The molecule has 3 heterocycles. The molecule has 0 unspecified atom stereocenters. The monoisotopic (exact) mass is 423 g/mol. The minimum atomic E-state index is -0.987. The molecule has 3 aromatic rings. The van der Waals surface area contributed by atoms with Crippen molar-refractivity contribution in [3.63, 3.8) is 0 Å². The molecule has 30 heavy (non-hydrogen) atoms. The lowest BCUT2D eigenvalue weighted by atomic mass is 10.0. The van der Waals surface area contributed by atoms with Crippen LogP contribution in [0.25, 0.3) is 11.3 Å². The van der Waals surface area contributed by atoms with E-state index in [1.54, 1.807) is 24.4 Å². The highest BCUT2D eigenvalue weighted by Gasteiger charge is 2.41. The average molecular weight is 423 g/mol. The highest BCUT2D eigenvalue weighted by Crippen LogP contribution is 2.40. The van der Waals surface area contributed by atoms with Crippen LogP contribution >= 0.6 is 12.2 Å². The second-order valence-electron chi connectivity index (χ2n) is 6.99. The number of furan rings is 1. The molecule has 0 radical (unpaired) electrons. The van der Waals surface area contributed by atoms with Crippen molar-refractivity contribution in [1.29, 1.82) is 0 Å². The predicted molar refractivity (Wildman–Crippen MR) is 115 cm³/mol. The summed E-state index contributed by atoms with van der Waals surface area (Å²) in [5.74, 6) is 0.277. The first kappa shape index (κ1) is 20.1. The zero-order valence-electron chi connectivity index (χ0n) is 16.1. The molecule has 2 atom stereocenters. The summed E-state index contributed by atoms with van der Waals surface area (Å²) in [6.07, 6.45) is 2.31. The summed E-state index contributed by atoms with van der Waals surface area (Å²) in [6.45, 7) is 0.631. The Labute approximate surface area is 179 Å². The fourth-order valence-electron chi connectivity index (χ4n) is 3.67. The molecular formula is C22H21N3O4S. The van der Waals surface area contributed by atoms with Gasteiger partial charge in [0.15, 0.2) is 5.11 Å². The van der Waals surface area contributed by atoms with E-state index < -0.39 is 5.97 Å². The van der Waals surface area contributed by atoms with Gasteiger partial charge in [0, 0.05) is 24.9 Å². The zero-order valence-corrected chi connectivity index (χ0v) is 16.9. The van der Waals surface area contributed by atoms with Gasteiger partial charge in [-0.15, -0.1) is 0 Å². The molecule has 0 spiro atoms. The summed E-state index contributed by atoms with van der Waals surface area (Å²) in [5.41, 5.74) is 1.72. The lowest BCUT2D eigenvalue weighted by molar-refractivity contribution is 0.0697. The number of aliphatic hydroxyl groups is 1. The molecule has 154 valence electrons. The van der Waals surface area contributed by atoms with E-state index in [4.69, 9.17) is 16.6 Å². The van der Waals surface area contributed by atoms with E-state index in [1.807, 2.05) is 41.3 Å². The van der Waals surface area contributed by atoms with Gasteiger partial charge in [-0.2, -0.15) is 0 Å². The van der Waals surface area contributed by atoms with Crippen LogP contribution in [-0.4, -0.2) is 44.3 Å². The van der Waals surface area contributed by atoms with Crippen molar-refractivity contribution in [2.75, 3.05) is 13.2 Å². The zero-order chi connectivity index (χ0) is 21.1. The highest BCUT2D eigenvalue weighted by atomic mass is 32.1. The van der Waals surface area contributed by atoms with E-state index >= 15 is 0 Å². The first-order chi connectivity index (χ1) is 14.6. The van der Waals surface area contributed by atoms with E-state index in [2.05, 4.69) is 10.3 Å². The van der Waals surface area contributed by atoms with Crippen LogP contribution in [0.1, 0.15) is 40.3 Å². The Morgan fingerprint density at radius 1 is 1.20 bits per heavy atom. The van der Waals surface area contributed by atoms with Crippen LogP contribution in [0, 0.1) is 0 Å². The number of thiocarbonyl (C=S) groups is 1. The Balaban J connectivity index is 1.71. The fraction of sp³-hybridized carbons (Fsp3) is 0.227. The number of aromatic nitrogens is 1. The quantitative estimate of drug-likeness (QED) is 0.498. The lowest BCUT2D eigenvalue weighted by Crippen LogP contribution is -2.30. The molecular weight excluding hydrogens is 402 g/mol. The number of aromatic carboxylic acids is 1. The van der Waals surface area contributed by atoms with Crippen molar-refractivity contribution in [1.82, 2.24) is 15.2 Å². The maximum atomic E-state index is 11.3. The SMILES string of the molecule is O=C(O)c1cccc(-c2ccc([C@H]3[C@H](c4ccccn4)NC(=S)N3CCCO)o2)c1. The summed E-state index contributed by atoms with van der Waals surface area (Å²) in [6, 6.07) is 15.6. The summed E-state index contributed by atoms with van der Waals surface area (Å²) in [4.78, 5) is 17.8. The van der Waals surface area contributed by atoms with Crippen LogP contribution in [0.15, 0.2) is 65.2 Å². The minimum Gasteiger partial charge on any atom is -0.478 e. The Hall–Kier alpha value is -3.23. The van der Waals surface area contributed by atoms with Gasteiger partial charge in [0.1, 0.15) is 17.6 Å². The maximum absolute atomic E-state index is 11.3. The molecule has 1 aliphatic rings. The molecule has 4 rings (SSSR count). The van der Waals surface area contributed by atoms with Crippen molar-refractivity contribution in [2.45, 2.75) is 18.5 Å². The highest BCUT2D eigenvalue weighted by molar-refractivity contribution is 7.80. The smallest absolute Gasteiger partial charge is 0.335 e. The average Bonchev–Trinajstić information content (AvgIpc) is 3.37. The number of hydrogen-bond acceptors (Lipinski definition) is 5. The normalized spacial score (nSPS) is 18.4. The molecule has 3 N–H and O–H groups in total. The van der Waals surface area contributed by atoms with E-state index in [-0.39, 0.29) is 24.3 Å². The second kappa shape index (κ2) is 8.64. The molecule has 8 heteroatoms. The van der Waals surface area contributed by atoms with Gasteiger partial charge in [0.05, 0.1) is 17.3 Å². The van der Waals surface area contributed by atoms with E-state index in [0.717, 1.165) is 5.69 Å². The number of pyridine rings is 1. The van der Waals surface area contributed by atoms with Gasteiger partial charge in [-0.1, -0.05) is 18.2 Å². The number of rotatable bonds is 7. The first-order valence-corrected chi connectivity index (χ1v) is 10.0. The number of aliphatic hydroxyl groups excluding tert-OH is 1. The Morgan fingerprint density at radius 2 is 2.07 bits per heavy atom. The Kier molecular flexibility index (Phi) is 5.78. The summed E-state index contributed by atoms with van der Waals surface area (Å²) in [5, 5.41) is 22.5. The number of hydrogen-bond donors (Lipinski definition) is 3. The fourth-order valence-corrected chi connectivity index (χ4v) is 4.00. The Bertz CT molecular complexity index is 1050. The topological polar surface area (TPSA) is 98.8 Å². The second-order valence-corrected chi connectivity index (χ2v) is 7.37. The molecule has 0 aliphatic carbocycles. The third-order valence-corrected chi connectivity index (χ3v) is 5.42. The predicted octanol–water partition coefficient (Wildman–Crippen LogP) is 3.39. The van der Waals surface area contributed by atoms with Crippen LogP contribution in [0.2, 0.25) is 0 Å². The molecule has 7 nitrogen and oxygen atoms in total. The summed E-state index contributed by atoms with van der Waals surface area (Å²) >= 11 is 5.55. The molecule has 1 saturated heterocycles. The van der Waals surface area contributed by atoms with Crippen LogP contribution in [0.4, 0.5) is 0 Å². The summed E-state index contributed by atoms with van der Waals surface area (Å²) in [7, 11) is 0. The molecule has 2 aromatic heterocycles. The van der Waals surface area contributed by atoms with Crippen LogP contribution in [0.3, 0.4) is 0 Å². The molecule has 0 bridgehead atoms. The van der Waals surface area contributed by atoms with Crippen molar-refractivity contribution >= 4 is 23.3 Å². The van der Waals surface area contributed by atoms with Gasteiger partial charge in [0.25, 0.3) is 0 Å². The molecule has 0 amide bonds. The number of nitrogens with one attached hydrogen (secondary N) is 1. The van der Waals surface area contributed by atoms with Crippen molar-refractivity contribution < 1.29 is 19.4 Å². The van der Waals surface area contributed by atoms with E-state index in [9.17, 15) is 15.0 Å². The Morgan fingerprint density at radius 3 is 2.80 bits per heavy atom. The third-order valence-electron chi connectivity index (χ3n) is 5.07. The number of benzene rings is 1. The van der Waals surface area contributed by atoms with Crippen LogP contribution < -0.4 is 5.32 Å². The molecule has 1 aliphatic heterocycles. The molecule has 0 saturated carbocycles. The molecule has 1 aromatic carbocycles. The minimum absolute atomic E-state index is 0.0610. The van der Waals surface area contributed by atoms with Gasteiger partial charge in [-0.05, 0) is 55.0 Å². The summed E-state index contributed by atoms with van der Waals surface area (Å²) < 4.78 is 6.17. The van der Waals surface area contributed by atoms with Crippen LogP contribution in [0.5, 0.6) is 0 Å². The third kappa shape index (κ3) is 3.92. The molecule has 1 fully saturated rings. The van der Waals surface area contributed by atoms with Gasteiger partial charge in [-0.3, -0.25) is 4.98 Å². The van der Waals surface area contributed by atoms with E-state index in [0.29, 0.717) is 35.2 Å². The lowest BCUT2D eigenvalue weighted by Gasteiger charge is -2.25. The van der Waals surface area contributed by atoms with Gasteiger partial charge < -0.3 is 24.8 Å². The van der Waals surface area contributed by atoms with Crippen molar-refractivity contribution in [3.8, 4) is 11.3 Å². The van der Waals surface area contributed by atoms with Crippen molar-refractivity contribution in [2.24, 2.45) is 0 Å². The number of carboxylic acids is 1. The first-order valence-electron chi connectivity index (χ1n) is 9.61. The number of nitrogens with zero attached hydrogens (tertiary/aromatic N) is 2. The van der Waals surface area contributed by atoms with E-state index in [1.165, 1.54) is 0 Å². The largest absolute Gasteiger partial charge is 0.478 e. The number of carboxylic acid groups (broad SMARTS) is 1. The maximum Gasteiger partial charge on any atom is 0.335 e. The van der Waals surface area contributed by atoms with Gasteiger partial charge >= 0.3 is 5.97 Å². The standard InChI is InChI=1S/C22H21N3O4S/c26-12-4-11-25-20(19(24-22(25)30)16-7-1-2-10-23-16)18-9-8-17(29-18)14-5-3-6-15(13-14)21(27)28/h1-3,5-10,13,19-20,26H,4,11-12H2,(H,24,30)(H,27,28)/t19-,20-/m0/s1. The van der Waals surface area contributed by atoms with Crippen molar-refractivity contribution in [3.05, 3.63) is 77.8 Å². The van der Waals surface area contributed by atoms with Gasteiger partial charge in [0.2, 0.25) is 0 Å². The van der Waals surface area contributed by atoms with Gasteiger partial charge in [-0.25, -0.2) is 4.79 Å². The number of carbonyl (C=O) groups is 1.